The summed E-state index contributed by atoms with van der Waals surface area (Å²) in [7, 11) is -4.13. The molecule has 0 aliphatic carbocycles. The number of halogens is 1. The number of nitrogens with one attached hydrogen (secondary N) is 1. The zero-order chi connectivity index (χ0) is 16.2. The second kappa shape index (κ2) is 6.86. The number of rotatable bonds is 6. The number of nitrogen functional groups attached to an aromatic ring is 1. The van der Waals surface area contributed by atoms with Gasteiger partial charge in [-0.3, -0.25) is 4.79 Å². The van der Waals surface area contributed by atoms with Gasteiger partial charge in [0.2, 0.25) is 15.9 Å². The van der Waals surface area contributed by atoms with Crippen LogP contribution in [0.1, 0.15) is 20.8 Å². The number of hydrogen-bond acceptors (Lipinski definition) is 4. The Balaban J connectivity index is 2.97. The number of carbonyl (C=O) groups excluding carboxylic acids is 1. The predicted molar refractivity (Wildman–Crippen MR) is 78.5 cm³/mol. The van der Waals surface area contributed by atoms with E-state index in [2.05, 4.69) is 4.72 Å². The Hall–Kier alpha value is -1.67. The molecule has 1 rings (SSSR count). The van der Waals surface area contributed by atoms with Crippen LogP contribution in [0.4, 0.5) is 10.1 Å². The van der Waals surface area contributed by atoms with Crippen LogP contribution in [-0.4, -0.2) is 38.4 Å². The molecule has 21 heavy (non-hydrogen) atoms. The Morgan fingerprint density at radius 3 is 2.43 bits per heavy atom. The molecule has 1 unspecified atom stereocenters. The fourth-order valence-corrected chi connectivity index (χ4v) is 3.15. The summed E-state index contributed by atoms with van der Waals surface area (Å²) in [6, 6.07) is 2.30. The summed E-state index contributed by atoms with van der Waals surface area (Å²) < 4.78 is 40.1. The molecule has 1 aromatic rings. The van der Waals surface area contributed by atoms with Crippen LogP contribution in [0.2, 0.25) is 0 Å². The minimum atomic E-state index is -4.13. The molecule has 0 fully saturated rings. The van der Waals surface area contributed by atoms with Gasteiger partial charge >= 0.3 is 0 Å². The lowest BCUT2D eigenvalue weighted by atomic mass is 10.3. The van der Waals surface area contributed by atoms with Crippen molar-refractivity contribution in [1.29, 1.82) is 0 Å². The molecule has 0 heterocycles. The summed E-state index contributed by atoms with van der Waals surface area (Å²) >= 11 is 0. The van der Waals surface area contributed by atoms with Crippen LogP contribution in [-0.2, 0) is 14.8 Å². The second-order valence-electron chi connectivity index (χ2n) is 4.54. The summed E-state index contributed by atoms with van der Waals surface area (Å²) in [6.45, 7) is 5.95. The van der Waals surface area contributed by atoms with Crippen molar-refractivity contribution in [2.75, 3.05) is 18.8 Å². The Bertz CT molecular complexity index is 615. The third kappa shape index (κ3) is 4.15. The van der Waals surface area contributed by atoms with Crippen molar-refractivity contribution in [3.63, 3.8) is 0 Å². The molecule has 1 amide bonds. The van der Waals surface area contributed by atoms with Gasteiger partial charge in [-0.15, -0.1) is 0 Å². The van der Waals surface area contributed by atoms with Crippen LogP contribution < -0.4 is 10.5 Å². The Morgan fingerprint density at radius 2 is 1.95 bits per heavy atom. The molecule has 0 aromatic heterocycles. The molecule has 3 N–H and O–H groups in total. The average Bonchev–Trinajstić information content (AvgIpc) is 2.38. The molecule has 0 radical (unpaired) electrons. The maximum Gasteiger partial charge on any atom is 0.244 e. The molecule has 6 nitrogen and oxygen atoms in total. The molecule has 1 aromatic carbocycles. The van der Waals surface area contributed by atoms with Crippen molar-refractivity contribution in [3.05, 3.63) is 24.0 Å². The number of anilines is 1. The predicted octanol–water partition coefficient (Wildman–Crippen LogP) is 0.943. The standard InChI is InChI=1S/C13H20FN3O3S/c1-4-17(5-2)13(18)9(3)16-21(19,20)12-7-6-10(15)8-11(12)14/h6-9,16H,4-5,15H2,1-3H3. The summed E-state index contributed by atoms with van der Waals surface area (Å²) in [5.41, 5.74) is 5.50. The summed E-state index contributed by atoms with van der Waals surface area (Å²) in [4.78, 5) is 13.0. The van der Waals surface area contributed by atoms with E-state index in [4.69, 9.17) is 5.73 Å². The van der Waals surface area contributed by atoms with Crippen molar-refractivity contribution in [3.8, 4) is 0 Å². The Morgan fingerprint density at radius 1 is 1.38 bits per heavy atom. The highest BCUT2D eigenvalue weighted by molar-refractivity contribution is 7.89. The molecule has 0 saturated carbocycles. The number of benzene rings is 1. The van der Waals surface area contributed by atoms with Gasteiger partial charge in [0.1, 0.15) is 10.7 Å². The van der Waals surface area contributed by atoms with Gasteiger partial charge in [-0.05, 0) is 39.0 Å². The Kier molecular flexibility index (Phi) is 5.68. The summed E-state index contributed by atoms with van der Waals surface area (Å²) in [5, 5.41) is 0. The quantitative estimate of drug-likeness (QED) is 0.764. The minimum absolute atomic E-state index is 0.124. The zero-order valence-electron chi connectivity index (χ0n) is 12.3. The van der Waals surface area contributed by atoms with Crippen LogP contribution in [0, 0.1) is 5.82 Å². The van der Waals surface area contributed by atoms with Crippen molar-refractivity contribution in [2.24, 2.45) is 0 Å². The van der Waals surface area contributed by atoms with E-state index in [1.807, 2.05) is 0 Å². The van der Waals surface area contributed by atoms with Crippen LogP contribution in [0.3, 0.4) is 0 Å². The molecule has 1 atom stereocenters. The van der Waals surface area contributed by atoms with Gasteiger partial charge in [-0.1, -0.05) is 0 Å². The number of sulfonamides is 1. The van der Waals surface area contributed by atoms with Gasteiger partial charge in [0.05, 0.1) is 6.04 Å². The number of carbonyl (C=O) groups is 1. The van der Waals surface area contributed by atoms with Gasteiger partial charge in [-0.25, -0.2) is 12.8 Å². The lowest BCUT2D eigenvalue weighted by Crippen LogP contribution is -2.46. The largest absolute Gasteiger partial charge is 0.399 e. The molecule has 0 saturated heterocycles. The van der Waals surface area contributed by atoms with E-state index in [0.29, 0.717) is 13.1 Å². The van der Waals surface area contributed by atoms with E-state index < -0.39 is 26.8 Å². The van der Waals surface area contributed by atoms with Crippen LogP contribution in [0.15, 0.2) is 23.1 Å². The first-order valence-corrected chi connectivity index (χ1v) is 8.07. The van der Waals surface area contributed by atoms with E-state index in [0.717, 1.165) is 12.1 Å². The SMILES string of the molecule is CCN(CC)C(=O)C(C)NS(=O)(=O)c1ccc(N)cc1F. The molecular weight excluding hydrogens is 297 g/mol. The number of likely N-dealkylation sites (N-methyl/N-ethyl adjacent to an activating group) is 1. The average molecular weight is 317 g/mol. The van der Waals surface area contributed by atoms with Crippen LogP contribution in [0.25, 0.3) is 0 Å². The number of nitrogens with zero attached hydrogens (tertiary/aromatic N) is 1. The third-order valence-corrected chi connectivity index (χ3v) is 4.60. The van der Waals surface area contributed by atoms with Crippen molar-refractivity contribution in [1.82, 2.24) is 9.62 Å². The molecule has 0 bridgehead atoms. The van der Waals surface area contributed by atoms with Gasteiger partial charge in [0, 0.05) is 18.8 Å². The van der Waals surface area contributed by atoms with Crippen LogP contribution in [0.5, 0.6) is 0 Å². The molecule has 0 aliphatic heterocycles. The minimum Gasteiger partial charge on any atom is -0.399 e. The fourth-order valence-electron chi connectivity index (χ4n) is 1.89. The highest BCUT2D eigenvalue weighted by Gasteiger charge is 2.26. The molecular formula is C13H20FN3O3S. The second-order valence-corrected chi connectivity index (χ2v) is 6.23. The monoisotopic (exact) mass is 317 g/mol. The molecule has 8 heteroatoms. The molecule has 0 aliphatic rings. The van der Waals surface area contributed by atoms with Crippen molar-refractivity contribution >= 4 is 21.6 Å². The van der Waals surface area contributed by atoms with Crippen molar-refractivity contribution < 1.29 is 17.6 Å². The number of hydrogen-bond donors (Lipinski definition) is 2. The maximum absolute atomic E-state index is 13.7. The third-order valence-electron chi connectivity index (χ3n) is 3.02. The van der Waals surface area contributed by atoms with Gasteiger partial charge < -0.3 is 10.6 Å². The summed E-state index contributed by atoms with van der Waals surface area (Å²) in [6.07, 6.45) is 0. The fraction of sp³-hybridized carbons (Fsp3) is 0.462. The summed E-state index contributed by atoms with van der Waals surface area (Å²) in [5.74, 6) is -1.32. The van der Waals surface area contributed by atoms with Crippen LogP contribution >= 0.6 is 0 Å². The number of nitrogens with two attached hydrogens (primary N) is 1. The Labute approximate surface area is 124 Å². The highest BCUT2D eigenvalue weighted by atomic mass is 32.2. The van der Waals surface area contributed by atoms with Gasteiger partial charge in [0.25, 0.3) is 0 Å². The van der Waals surface area contributed by atoms with E-state index in [9.17, 15) is 17.6 Å². The molecule has 118 valence electrons. The lowest BCUT2D eigenvalue weighted by Gasteiger charge is -2.23. The first kappa shape index (κ1) is 17.4. The topological polar surface area (TPSA) is 92.5 Å². The van der Waals surface area contributed by atoms with Gasteiger partial charge in [-0.2, -0.15) is 4.72 Å². The van der Waals surface area contributed by atoms with E-state index >= 15 is 0 Å². The zero-order valence-corrected chi connectivity index (χ0v) is 13.1. The van der Waals surface area contributed by atoms with E-state index in [1.165, 1.54) is 17.9 Å². The lowest BCUT2D eigenvalue weighted by molar-refractivity contribution is -0.132. The van der Waals surface area contributed by atoms with E-state index in [-0.39, 0.29) is 11.6 Å². The normalized spacial score (nSPS) is 13.0. The van der Waals surface area contributed by atoms with Gasteiger partial charge in [0.15, 0.2) is 0 Å². The molecule has 0 spiro atoms. The first-order valence-electron chi connectivity index (χ1n) is 6.59. The first-order chi connectivity index (χ1) is 9.72. The highest BCUT2D eigenvalue weighted by Crippen LogP contribution is 2.17. The number of amides is 1. The van der Waals surface area contributed by atoms with Crippen molar-refractivity contribution in [2.45, 2.75) is 31.7 Å². The maximum atomic E-state index is 13.7. The van der Waals surface area contributed by atoms with E-state index in [1.54, 1.807) is 13.8 Å². The smallest absolute Gasteiger partial charge is 0.244 e.